The van der Waals surface area contributed by atoms with Gasteiger partial charge in [0.15, 0.2) is 0 Å². The molecular formula is C20H18N4O. The second-order valence-corrected chi connectivity index (χ2v) is 6.61. The quantitative estimate of drug-likeness (QED) is 0.612. The Morgan fingerprint density at radius 2 is 2.08 bits per heavy atom. The number of benzene rings is 1. The number of rotatable bonds is 2. The minimum atomic E-state index is 0.0686. The Labute approximate surface area is 144 Å². The van der Waals surface area contributed by atoms with Crippen LogP contribution in [0, 0.1) is 0 Å². The van der Waals surface area contributed by atoms with Gasteiger partial charge < -0.3 is 14.3 Å². The highest BCUT2D eigenvalue weighted by Gasteiger charge is 2.30. The number of fused-ring (bicyclic) bond motifs is 2. The zero-order valence-corrected chi connectivity index (χ0v) is 13.7. The molecule has 1 amide bonds. The largest absolute Gasteiger partial charge is 0.361 e. The van der Waals surface area contributed by atoms with Crippen LogP contribution in [0.1, 0.15) is 28.3 Å². The van der Waals surface area contributed by atoms with E-state index in [1.54, 1.807) is 6.20 Å². The van der Waals surface area contributed by atoms with Crippen LogP contribution < -0.4 is 0 Å². The van der Waals surface area contributed by atoms with Crippen molar-refractivity contribution in [3.05, 3.63) is 72.3 Å². The number of pyridine rings is 1. The highest BCUT2D eigenvalue weighted by molar-refractivity contribution is 6.00. The predicted octanol–water partition coefficient (Wildman–Crippen LogP) is 3.45. The van der Waals surface area contributed by atoms with E-state index in [9.17, 15) is 4.79 Å². The lowest BCUT2D eigenvalue weighted by Crippen LogP contribution is -2.28. The number of nitrogens with one attached hydrogen (secondary N) is 1. The summed E-state index contributed by atoms with van der Waals surface area (Å²) in [5.74, 6) is 0.443. The molecule has 5 heteroatoms. The number of carbonyl (C=O) groups is 1. The summed E-state index contributed by atoms with van der Waals surface area (Å²) in [6, 6.07) is 12.1. The van der Waals surface area contributed by atoms with Crippen LogP contribution in [-0.2, 0) is 0 Å². The van der Waals surface area contributed by atoms with Gasteiger partial charge in [-0.25, -0.2) is 4.98 Å². The average Bonchev–Trinajstić information content (AvgIpc) is 3.38. The molecule has 1 N–H and O–H groups in total. The summed E-state index contributed by atoms with van der Waals surface area (Å²) < 4.78 is 1.89. The maximum Gasteiger partial charge on any atom is 0.257 e. The number of para-hydroxylation sites is 1. The van der Waals surface area contributed by atoms with Crippen molar-refractivity contribution in [2.24, 2.45) is 0 Å². The third kappa shape index (κ3) is 2.23. The van der Waals surface area contributed by atoms with Crippen molar-refractivity contribution >= 4 is 22.5 Å². The van der Waals surface area contributed by atoms with Gasteiger partial charge in [0.1, 0.15) is 5.65 Å². The molecule has 0 saturated carbocycles. The summed E-state index contributed by atoms with van der Waals surface area (Å²) in [7, 11) is 0. The van der Waals surface area contributed by atoms with Crippen molar-refractivity contribution in [1.82, 2.24) is 19.3 Å². The summed E-state index contributed by atoms with van der Waals surface area (Å²) in [5.41, 5.74) is 3.87. The van der Waals surface area contributed by atoms with Gasteiger partial charge in [-0.2, -0.15) is 0 Å². The topological polar surface area (TPSA) is 53.4 Å². The normalized spacial score (nSPS) is 17.6. The third-order valence-corrected chi connectivity index (χ3v) is 5.19. The fourth-order valence-electron chi connectivity index (χ4n) is 3.92. The Hall–Kier alpha value is -3.08. The molecule has 5 nitrogen and oxygen atoms in total. The monoisotopic (exact) mass is 330 g/mol. The highest BCUT2D eigenvalue weighted by atomic mass is 16.2. The molecule has 1 aliphatic heterocycles. The van der Waals surface area contributed by atoms with Gasteiger partial charge in [0, 0.05) is 54.7 Å². The summed E-state index contributed by atoms with van der Waals surface area (Å²) in [5, 5.41) is 1.26. The van der Waals surface area contributed by atoms with Gasteiger partial charge in [-0.3, -0.25) is 4.79 Å². The molecule has 3 aromatic heterocycles. The van der Waals surface area contributed by atoms with Gasteiger partial charge in [-0.15, -0.1) is 0 Å². The molecule has 1 fully saturated rings. The van der Waals surface area contributed by atoms with E-state index in [2.05, 4.69) is 34.4 Å². The molecular weight excluding hydrogens is 312 g/mol. The number of likely N-dealkylation sites (tertiary alicyclic amines) is 1. The summed E-state index contributed by atoms with van der Waals surface area (Å²) in [4.78, 5) is 22.6. The van der Waals surface area contributed by atoms with Gasteiger partial charge >= 0.3 is 0 Å². The van der Waals surface area contributed by atoms with Crippen LogP contribution in [0.25, 0.3) is 16.6 Å². The van der Waals surface area contributed by atoms with Crippen molar-refractivity contribution in [2.75, 3.05) is 13.1 Å². The molecule has 1 saturated heterocycles. The van der Waals surface area contributed by atoms with Gasteiger partial charge in [0.25, 0.3) is 5.91 Å². The smallest absolute Gasteiger partial charge is 0.257 e. The predicted molar refractivity (Wildman–Crippen MR) is 96.8 cm³/mol. The second kappa shape index (κ2) is 5.48. The number of H-pyrrole nitrogens is 1. The number of carbonyl (C=O) groups excluding carboxylic acids is 1. The SMILES string of the molecule is O=C(c1cccn2ccnc12)N1CC[C@H](c2c[nH]c3ccccc23)C1. The van der Waals surface area contributed by atoms with Crippen molar-refractivity contribution in [1.29, 1.82) is 0 Å². The molecule has 4 aromatic rings. The van der Waals surface area contributed by atoms with E-state index in [1.807, 2.05) is 39.9 Å². The first-order valence-electron chi connectivity index (χ1n) is 8.58. The molecule has 5 rings (SSSR count). The van der Waals surface area contributed by atoms with E-state index in [1.165, 1.54) is 10.9 Å². The molecule has 124 valence electrons. The number of aromatic nitrogens is 3. The first kappa shape index (κ1) is 14.3. The van der Waals surface area contributed by atoms with Crippen LogP contribution in [0.3, 0.4) is 0 Å². The van der Waals surface area contributed by atoms with Crippen LogP contribution in [0.2, 0.25) is 0 Å². The molecule has 0 bridgehead atoms. The van der Waals surface area contributed by atoms with Gasteiger partial charge in [-0.1, -0.05) is 18.2 Å². The van der Waals surface area contributed by atoms with Crippen molar-refractivity contribution in [3.63, 3.8) is 0 Å². The number of hydrogen-bond donors (Lipinski definition) is 1. The standard InChI is InChI=1S/C20H18N4O/c25-20(16-5-3-9-23-11-8-21-19(16)23)24-10-7-14(13-24)17-12-22-18-6-2-1-4-15(17)18/h1-6,8-9,11-12,14,22H,7,10,13H2/t14-/m0/s1. The molecule has 0 radical (unpaired) electrons. The van der Waals surface area contributed by atoms with E-state index >= 15 is 0 Å². The summed E-state index contributed by atoms with van der Waals surface area (Å²) in [6.45, 7) is 1.53. The van der Waals surface area contributed by atoms with Crippen LogP contribution in [0.5, 0.6) is 0 Å². The highest BCUT2D eigenvalue weighted by Crippen LogP contribution is 2.33. The van der Waals surface area contributed by atoms with Crippen LogP contribution in [0.15, 0.2) is 61.2 Å². The molecule has 0 spiro atoms. The van der Waals surface area contributed by atoms with Gasteiger partial charge in [0.2, 0.25) is 0 Å². The number of amides is 1. The minimum Gasteiger partial charge on any atom is -0.361 e. The van der Waals surface area contributed by atoms with Crippen molar-refractivity contribution in [2.45, 2.75) is 12.3 Å². The molecule has 25 heavy (non-hydrogen) atoms. The van der Waals surface area contributed by atoms with Crippen LogP contribution in [-0.4, -0.2) is 38.3 Å². The first-order chi connectivity index (χ1) is 12.3. The number of hydrogen-bond acceptors (Lipinski definition) is 2. The Bertz CT molecular complexity index is 1080. The van der Waals surface area contributed by atoms with Crippen LogP contribution >= 0.6 is 0 Å². The van der Waals surface area contributed by atoms with E-state index in [4.69, 9.17) is 0 Å². The maximum atomic E-state index is 13.0. The summed E-state index contributed by atoms with van der Waals surface area (Å²) >= 11 is 0. The Morgan fingerprint density at radius 3 is 3.04 bits per heavy atom. The van der Waals surface area contributed by atoms with E-state index in [0.29, 0.717) is 11.5 Å². The molecule has 4 heterocycles. The van der Waals surface area contributed by atoms with E-state index < -0.39 is 0 Å². The fraction of sp³-hybridized carbons (Fsp3) is 0.200. The third-order valence-electron chi connectivity index (χ3n) is 5.19. The number of aromatic amines is 1. The van der Waals surface area contributed by atoms with Crippen LogP contribution in [0.4, 0.5) is 0 Å². The lowest BCUT2D eigenvalue weighted by molar-refractivity contribution is 0.0792. The maximum absolute atomic E-state index is 13.0. The minimum absolute atomic E-state index is 0.0686. The summed E-state index contributed by atoms with van der Waals surface area (Å²) in [6.07, 6.45) is 8.59. The molecule has 1 aromatic carbocycles. The first-order valence-corrected chi connectivity index (χ1v) is 8.58. The van der Waals surface area contributed by atoms with Gasteiger partial charge in [-0.05, 0) is 30.2 Å². The number of imidazole rings is 1. The zero-order valence-electron chi connectivity index (χ0n) is 13.7. The zero-order chi connectivity index (χ0) is 16.8. The fourth-order valence-corrected chi connectivity index (χ4v) is 3.92. The molecule has 1 aliphatic rings. The van der Waals surface area contributed by atoms with E-state index in [0.717, 1.165) is 30.7 Å². The lowest BCUT2D eigenvalue weighted by Gasteiger charge is -2.17. The second-order valence-electron chi connectivity index (χ2n) is 6.61. The Morgan fingerprint density at radius 1 is 1.16 bits per heavy atom. The van der Waals surface area contributed by atoms with Crippen molar-refractivity contribution in [3.8, 4) is 0 Å². The van der Waals surface area contributed by atoms with Crippen molar-refractivity contribution < 1.29 is 4.79 Å². The average molecular weight is 330 g/mol. The van der Waals surface area contributed by atoms with E-state index in [-0.39, 0.29) is 5.91 Å². The number of nitrogens with zero attached hydrogens (tertiary/aromatic N) is 3. The lowest BCUT2D eigenvalue weighted by atomic mass is 9.98. The molecule has 0 unspecified atom stereocenters. The Balaban J connectivity index is 1.44. The molecule has 0 aliphatic carbocycles. The Kier molecular flexibility index (Phi) is 3.13. The van der Waals surface area contributed by atoms with Gasteiger partial charge in [0.05, 0.1) is 5.56 Å². The molecule has 1 atom stereocenters.